The molecular formula is C16H26N2O2. The number of nitrogens with zero attached hydrogens (tertiary/aromatic N) is 1. The standard InChI is InChI=1S/C16H26N2O2/c1-3-18-8-6-13(7-9-18)11-17-12-14-4-5-16(20-2)15(19)10-14/h4-5,10,13,17,19H,3,6-9,11-12H2,1-2H3. The summed E-state index contributed by atoms with van der Waals surface area (Å²) in [5.41, 5.74) is 1.09. The second-order valence-corrected chi connectivity index (χ2v) is 5.51. The number of ether oxygens (including phenoxy) is 1. The van der Waals surface area contributed by atoms with Gasteiger partial charge >= 0.3 is 0 Å². The highest BCUT2D eigenvalue weighted by Crippen LogP contribution is 2.26. The number of phenols is 1. The number of aromatic hydroxyl groups is 1. The number of benzene rings is 1. The Morgan fingerprint density at radius 2 is 2.10 bits per heavy atom. The van der Waals surface area contributed by atoms with Crippen LogP contribution in [-0.4, -0.2) is 43.3 Å². The minimum atomic E-state index is 0.211. The molecule has 0 aliphatic carbocycles. The lowest BCUT2D eigenvalue weighted by atomic mass is 9.97. The molecule has 1 aliphatic rings. The summed E-state index contributed by atoms with van der Waals surface area (Å²) in [7, 11) is 1.57. The van der Waals surface area contributed by atoms with E-state index in [-0.39, 0.29) is 5.75 Å². The molecule has 2 N–H and O–H groups in total. The minimum absolute atomic E-state index is 0.211. The van der Waals surface area contributed by atoms with Gasteiger partial charge in [0.25, 0.3) is 0 Å². The summed E-state index contributed by atoms with van der Waals surface area (Å²) in [5, 5.41) is 13.2. The highest BCUT2D eigenvalue weighted by atomic mass is 16.5. The monoisotopic (exact) mass is 278 g/mol. The zero-order chi connectivity index (χ0) is 14.4. The quantitative estimate of drug-likeness (QED) is 0.837. The average molecular weight is 278 g/mol. The molecule has 0 spiro atoms. The van der Waals surface area contributed by atoms with Crippen LogP contribution >= 0.6 is 0 Å². The molecule has 1 fully saturated rings. The van der Waals surface area contributed by atoms with Crippen LogP contribution in [0.15, 0.2) is 18.2 Å². The molecule has 1 aliphatic heterocycles. The Kier molecular flexibility index (Phi) is 5.68. The van der Waals surface area contributed by atoms with Gasteiger partial charge in [0, 0.05) is 6.54 Å². The van der Waals surface area contributed by atoms with E-state index in [0.717, 1.165) is 24.6 Å². The second kappa shape index (κ2) is 7.50. The molecule has 0 atom stereocenters. The summed E-state index contributed by atoms with van der Waals surface area (Å²) < 4.78 is 5.05. The molecule has 0 bridgehead atoms. The first-order valence-electron chi connectivity index (χ1n) is 7.52. The Hall–Kier alpha value is -1.26. The van der Waals surface area contributed by atoms with Gasteiger partial charge < -0.3 is 20.1 Å². The third-order valence-corrected chi connectivity index (χ3v) is 4.16. The van der Waals surface area contributed by atoms with Crippen LogP contribution in [0.4, 0.5) is 0 Å². The van der Waals surface area contributed by atoms with Crippen molar-refractivity contribution in [3.8, 4) is 11.5 Å². The molecule has 1 aromatic carbocycles. The van der Waals surface area contributed by atoms with Crippen molar-refractivity contribution in [2.24, 2.45) is 5.92 Å². The van der Waals surface area contributed by atoms with Gasteiger partial charge in [-0.15, -0.1) is 0 Å². The minimum Gasteiger partial charge on any atom is -0.504 e. The van der Waals surface area contributed by atoms with Gasteiger partial charge in [-0.2, -0.15) is 0 Å². The maximum absolute atomic E-state index is 9.74. The summed E-state index contributed by atoms with van der Waals surface area (Å²) in [4.78, 5) is 2.51. The van der Waals surface area contributed by atoms with Crippen molar-refractivity contribution >= 4 is 0 Å². The summed E-state index contributed by atoms with van der Waals surface area (Å²) in [6.45, 7) is 7.72. The number of rotatable bonds is 6. The fourth-order valence-electron chi connectivity index (χ4n) is 2.77. The number of piperidine rings is 1. The molecule has 0 radical (unpaired) electrons. The van der Waals surface area contributed by atoms with Gasteiger partial charge in [0.2, 0.25) is 0 Å². The topological polar surface area (TPSA) is 44.7 Å². The van der Waals surface area contributed by atoms with Crippen molar-refractivity contribution in [3.05, 3.63) is 23.8 Å². The first-order valence-corrected chi connectivity index (χ1v) is 7.52. The van der Waals surface area contributed by atoms with E-state index in [1.165, 1.54) is 32.5 Å². The molecule has 0 aromatic heterocycles. The van der Waals surface area contributed by atoms with Crippen LogP contribution in [0.2, 0.25) is 0 Å². The molecular weight excluding hydrogens is 252 g/mol. The van der Waals surface area contributed by atoms with Gasteiger partial charge in [0.1, 0.15) is 0 Å². The van der Waals surface area contributed by atoms with Crippen molar-refractivity contribution in [3.63, 3.8) is 0 Å². The Morgan fingerprint density at radius 1 is 1.35 bits per heavy atom. The normalized spacial score (nSPS) is 17.3. The third-order valence-electron chi connectivity index (χ3n) is 4.16. The van der Waals surface area contributed by atoms with Gasteiger partial charge in [-0.3, -0.25) is 0 Å². The van der Waals surface area contributed by atoms with Crippen molar-refractivity contribution in [2.75, 3.05) is 33.3 Å². The number of nitrogens with one attached hydrogen (secondary N) is 1. The van der Waals surface area contributed by atoms with E-state index in [1.807, 2.05) is 12.1 Å². The van der Waals surface area contributed by atoms with E-state index in [2.05, 4.69) is 17.1 Å². The molecule has 4 heteroatoms. The molecule has 1 aromatic rings. The molecule has 0 unspecified atom stereocenters. The van der Waals surface area contributed by atoms with E-state index < -0.39 is 0 Å². The zero-order valence-electron chi connectivity index (χ0n) is 12.6. The van der Waals surface area contributed by atoms with E-state index >= 15 is 0 Å². The Morgan fingerprint density at radius 3 is 2.70 bits per heavy atom. The number of hydrogen-bond acceptors (Lipinski definition) is 4. The summed E-state index contributed by atoms with van der Waals surface area (Å²) in [6, 6.07) is 5.57. The lowest BCUT2D eigenvalue weighted by molar-refractivity contribution is 0.190. The van der Waals surface area contributed by atoms with Crippen LogP contribution in [0.3, 0.4) is 0 Å². The van der Waals surface area contributed by atoms with Crippen LogP contribution in [0.1, 0.15) is 25.3 Å². The lowest BCUT2D eigenvalue weighted by Crippen LogP contribution is -2.36. The molecule has 0 saturated carbocycles. The first kappa shape index (κ1) is 15.1. The highest BCUT2D eigenvalue weighted by Gasteiger charge is 2.17. The maximum Gasteiger partial charge on any atom is 0.160 e. The van der Waals surface area contributed by atoms with Crippen LogP contribution in [0.25, 0.3) is 0 Å². The largest absolute Gasteiger partial charge is 0.504 e. The molecule has 0 amide bonds. The zero-order valence-corrected chi connectivity index (χ0v) is 12.6. The highest BCUT2D eigenvalue weighted by molar-refractivity contribution is 5.41. The smallest absolute Gasteiger partial charge is 0.160 e. The number of methoxy groups -OCH3 is 1. The van der Waals surface area contributed by atoms with Crippen LogP contribution in [-0.2, 0) is 6.54 Å². The number of phenolic OH excluding ortho intramolecular Hbond substituents is 1. The summed E-state index contributed by atoms with van der Waals surface area (Å²) in [6.07, 6.45) is 2.57. The molecule has 112 valence electrons. The van der Waals surface area contributed by atoms with E-state index in [4.69, 9.17) is 4.74 Å². The number of hydrogen-bond donors (Lipinski definition) is 2. The van der Waals surface area contributed by atoms with Crippen molar-refractivity contribution < 1.29 is 9.84 Å². The Bertz CT molecular complexity index is 415. The first-order chi connectivity index (χ1) is 9.72. The molecule has 20 heavy (non-hydrogen) atoms. The molecule has 1 saturated heterocycles. The second-order valence-electron chi connectivity index (χ2n) is 5.51. The van der Waals surface area contributed by atoms with Gasteiger partial charge in [0.05, 0.1) is 7.11 Å². The van der Waals surface area contributed by atoms with Crippen molar-refractivity contribution in [1.29, 1.82) is 0 Å². The Balaban J connectivity index is 1.72. The summed E-state index contributed by atoms with van der Waals surface area (Å²) >= 11 is 0. The maximum atomic E-state index is 9.74. The van der Waals surface area contributed by atoms with Crippen molar-refractivity contribution in [1.82, 2.24) is 10.2 Å². The fourth-order valence-corrected chi connectivity index (χ4v) is 2.77. The van der Waals surface area contributed by atoms with Gasteiger partial charge in [-0.25, -0.2) is 0 Å². The molecule has 1 heterocycles. The average Bonchev–Trinajstić information content (AvgIpc) is 2.48. The molecule has 2 rings (SSSR count). The lowest BCUT2D eigenvalue weighted by Gasteiger charge is -2.31. The Labute approximate surface area is 121 Å². The predicted molar refractivity (Wildman–Crippen MR) is 81.2 cm³/mol. The van der Waals surface area contributed by atoms with Gasteiger partial charge in [-0.05, 0) is 62.6 Å². The van der Waals surface area contributed by atoms with Gasteiger partial charge in [0.15, 0.2) is 11.5 Å². The van der Waals surface area contributed by atoms with E-state index in [9.17, 15) is 5.11 Å². The van der Waals surface area contributed by atoms with Crippen LogP contribution in [0, 0.1) is 5.92 Å². The molecule has 4 nitrogen and oxygen atoms in total. The van der Waals surface area contributed by atoms with E-state index in [1.54, 1.807) is 13.2 Å². The summed E-state index contributed by atoms with van der Waals surface area (Å²) in [5.74, 6) is 1.52. The number of likely N-dealkylation sites (tertiary alicyclic amines) is 1. The van der Waals surface area contributed by atoms with Crippen LogP contribution < -0.4 is 10.1 Å². The van der Waals surface area contributed by atoms with Crippen LogP contribution in [0.5, 0.6) is 11.5 Å². The van der Waals surface area contributed by atoms with Gasteiger partial charge in [-0.1, -0.05) is 13.0 Å². The third kappa shape index (κ3) is 4.12. The van der Waals surface area contributed by atoms with Crippen molar-refractivity contribution in [2.45, 2.75) is 26.3 Å². The van der Waals surface area contributed by atoms with E-state index in [0.29, 0.717) is 5.75 Å². The fraction of sp³-hybridized carbons (Fsp3) is 0.625. The predicted octanol–water partition coefficient (Wildman–Crippen LogP) is 2.22. The SMILES string of the molecule is CCN1CCC(CNCc2ccc(OC)c(O)c2)CC1.